The molecule has 1 aromatic rings. The highest BCUT2D eigenvalue weighted by atomic mass is 19.1. The third-order valence-electron chi connectivity index (χ3n) is 3.74. The minimum absolute atomic E-state index is 0.146. The molecule has 0 heterocycles. The number of ether oxygens (including phenoxy) is 1. The molecule has 0 saturated heterocycles. The highest BCUT2D eigenvalue weighted by molar-refractivity contribution is 5.64. The van der Waals surface area contributed by atoms with Crippen LogP contribution in [0, 0.1) is 0 Å². The van der Waals surface area contributed by atoms with Crippen molar-refractivity contribution >= 4 is 6.09 Å². The van der Waals surface area contributed by atoms with Gasteiger partial charge in [0.2, 0.25) is 0 Å². The van der Waals surface area contributed by atoms with E-state index in [2.05, 4.69) is 5.32 Å². The van der Waals surface area contributed by atoms with Crippen molar-refractivity contribution in [1.29, 1.82) is 0 Å². The third-order valence-corrected chi connectivity index (χ3v) is 3.74. The summed E-state index contributed by atoms with van der Waals surface area (Å²) in [5, 5.41) is 20.6. The number of carboxylic acid groups (broad SMARTS) is 1. The molecule has 0 aromatic heterocycles. The van der Waals surface area contributed by atoms with Gasteiger partial charge in [-0.15, -0.1) is 0 Å². The van der Waals surface area contributed by atoms with Gasteiger partial charge in [-0.05, 0) is 30.9 Å². The Morgan fingerprint density at radius 3 is 2.81 bits per heavy atom. The van der Waals surface area contributed by atoms with Crippen LogP contribution in [0.4, 0.5) is 9.18 Å². The Balaban J connectivity index is 1.75. The molecule has 116 valence electrons. The standard InChI is InChI=1S/C15H20FNO4/c16-12-9-11(17-15(19)20)5-6-14(12)21-8-7-10-3-1-2-4-13(10)18/h1-4,11-12,14,17-18H,5-9H2,(H,19,20). The Labute approximate surface area is 122 Å². The number of nitrogens with one attached hydrogen (secondary N) is 1. The van der Waals surface area contributed by atoms with Gasteiger partial charge in [0.05, 0.1) is 12.7 Å². The van der Waals surface area contributed by atoms with Crippen LogP contribution in [0.3, 0.4) is 0 Å². The average Bonchev–Trinajstić information content (AvgIpc) is 2.42. The fourth-order valence-electron chi connectivity index (χ4n) is 2.62. The number of alkyl halides is 1. The number of aromatic hydroxyl groups is 1. The Morgan fingerprint density at radius 2 is 2.14 bits per heavy atom. The number of rotatable bonds is 5. The van der Waals surface area contributed by atoms with Gasteiger partial charge in [-0.3, -0.25) is 0 Å². The summed E-state index contributed by atoms with van der Waals surface area (Å²) in [6.45, 7) is 0.333. The van der Waals surface area contributed by atoms with E-state index in [9.17, 15) is 14.3 Å². The van der Waals surface area contributed by atoms with E-state index in [-0.39, 0.29) is 18.2 Å². The van der Waals surface area contributed by atoms with Gasteiger partial charge in [0.15, 0.2) is 0 Å². The summed E-state index contributed by atoms with van der Waals surface area (Å²) in [6.07, 6.45) is -1.05. The maximum absolute atomic E-state index is 13.9. The third kappa shape index (κ3) is 4.60. The van der Waals surface area contributed by atoms with Gasteiger partial charge in [-0.25, -0.2) is 9.18 Å². The Kier molecular flexibility index (Phi) is 5.38. The summed E-state index contributed by atoms with van der Waals surface area (Å²) in [5.74, 6) is 0.215. The molecule has 0 spiro atoms. The molecule has 2 rings (SSSR count). The van der Waals surface area contributed by atoms with Gasteiger partial charge in [0, 0.05) is 12.5 Å². The number of hydrogen-bond donors (Lipinski definition) is 3. The highest BCUT2D eigenvalue weighted by Gasteiger charge is 2.31. The van der Waals surface area contributed by atoms with E-state index in [0.717, 1.165) is 5.56 Å². The van der Waals surface area contributed by atoms with Crippen molar-refractivity contribution in [1.82, 2.24) is 5.32 Å². The summed E-state index contributed by atoms with van der Waals surface area (Å²) in [5.41, 5.74) is 0.772. The van der Waals surface area contributed by atoms with Crippen molar-refractivity contribution in [2.75, 3.05) is 6.61 Å². The fraction of sp³-hybridized carbons (Fsp3) is 0.533. The zero-order chi connectivity index (χ0) is 15.2. The van der Waals surface area contributed by atoms with E-state index in [0.29, 0.717) is 25.9 Å². The van der Waals surface area contributed by atoms with E-state index in [1.165, 1.54) is 0 Å². The van der Waals surface area contributed by atoms with Crippen molar-refractivity contribution in [3.05, 3.63) is 29.8 Å². The van der Waals surface area contributed by atoms with E-state index >= 15 is 0 Å². The summed E-state index contributed by atoms with van der Waals surface area (Å²) in [4.78, 5) is 10.5. The molecule has 0 radical (unpaired) electrons. The lowest BCUT2D eigenvalue weighted by atomic mass is 9.91. The number of phenols is 1. The summed E-state index contributed by atoms with van der Waals surface area (Å²) >= 11 is 0. The first-order valence-electron chi connectivity index (χ1n) is 7.08. The number of halogens is 1. The normalized spacial score (nSPS) is 25.5. The minimum atomic E-state index is -1.17. The van der Waals surface area contributed by atoms with Crippen LogP contribution in [-0.4, -0.2) is 41.2 Å². The SMILES string of the molecule is O=C(O)NC1CCC(OCCc2ccccc2O)C(F)C1. The van der Waals surface area contributed by atoms with Crippen molar-refractivity contribution in [2.45, 2.75) is 44.0 Å². The molecule has 1 amide bonds. The molecule has 0 aliphatic heterocycles. The van der Waals surface area contributed by atoms with Crippen LogP contribution in [0.2, 0.25) is 0 Å². The van der Waals surface area contributed by atoms with Gasteiger partial charge in [-0.2, -0.15) is 0 Å². The Morgan fingerprint density at radius 1 is 1.38 bits per heavy atom. The van der Waals surface area contributed by atoms with Gasteiger partial charge in [0.25, 0.3) is 0 Å². The van der Waals surface area contributed by atoms with Gasteiger partial charge < -0.3 is 20.3 Å². The second-order valence-electron chi connectivity index (χ2n) is 5.26. The number of phenolic OH excluding ortho intramolecular Hbond substituents is 1. The molecular formula is C15H20FNO4. The zero-order valence-corrected chi connectivity index (χ0v) is 11.7. The fourth-order valence-corrected chi connectivity index (χ4v) is 2.62. The van der Waals surface area contributed by atoms with Crippen molar-refractivity contribution < 1.29 is 24.1 Å². The maximum Gasteiger partial charge on any atom is 0.404 e. The average molecular weight is 297 g/mol. The van der Waals surface area contributed by atoms with Crippen molar-refractivity contribution in [3.63, 3.8) is 0 Å². The molecule has 1 saturated carbocycles. The number of benzene rings is 1. The molecule has 1 fully saturated rings. The first kappa shape index (κ1) is 15.6. The smallest absolute Gasteiger partial charge is 0.404 e. The van der Waals surface area contributed by atoms with Crippen LogP contribution in [0.25, 0.3) is 0 Å². The van der Waals surface area contributed by atoms with E-state index in [1.807, 2.05) is 6.07 Å². The molecule has 5 nitrogen and oxygen atoms in total. The second kappa shape index (κ2) is 7.26. The predicted molar refractivity (Wildman–Crippen MR) is 75.2 cm³/mol. The molecule has 0 bridgehead atoms. The van der Waals surface area contributed by atoms with Gasteiger partial charge in [0.1, 0.15) is 11.9 Å². The van der Waals surface area contributed by atoms with Crippen molar-refractivity contribution in [2.24, 2.45) is 0 Å². The van der Waals surface area contributed by atoms with Gasteiger partial charge in [-0.1, -0.05) is 18.2 Å². The van der Waals surface area contributed by atoms with Crippen molar-refractivity contribution in [3.8, 4) is 5.75 Å². The molecule has 6 heteroatoms. The largest absolute Gasteiger partial charge is 0.508 e. The van der Waals surface area contributed by atoms with E-state index in [1.54, 1.807) is 18.2 Å². The summed E-state index contributed by atoms with van der Waals surface area (Å²) in [7, 11) is 0. The van der Waals surface area contributed by atoms with Crippen LogP contribution in [0.15, 0.2) is 24.3 Å². The zero-order valence-electron chi connectivity index (χ0n) is 11.7. The van der Waals surface area contributed by atoms with E-state index in [4.69, 9.17) is 9.84 Å². The molecule has 3 N–H and O–H groups in total. The molecule has 21 heavy (non-hydrogen) atoms. The summed E-state index contributed by atoms with van der Waals surface area (Å²) in [6, 6.07) is 6.65. The van der Waals surface area contributed by atoms with Crippen LogP contribution < -0.4 is 5.32 Å². The Bertz CT molecular complexity index is 482. The molecule has 1 aromatic carbocycles. The van der Waals surface area contributed by atoms with Crippen LogP contribution >= 0.6 is 0 Å². The number of para-hydroxylation sites is 1. The van der Waals surface area contributed by atoms with Crippen LogP contribution in [0.5, 0.6) is 5.75 Å². The quantitative estimate of drug-likeness (QED) is 0.780. The molecule has 1 aliphatic carbocycles. The molecular weight excluding hydrogens is 277 g/mol. The first-order chi connectivity index (χ1) is 10.1. The van der Waals surface area contributed by atoms with Crippen LogP contribution in [0.1, 0.15) is 24.8 Å². The molecule has 3 unspecified atom stereocenters. The van der Waals surface area contributed by atoms with Crippen LogP contribution in [-0.2, 0) is 11.2 Å². The monoisotopic (exact) mass is 297 g/mol. The molecule has 3 atom stereocenters. The number of amides is 1. The maximum atomic E-state index is 13.9. The highest BCUT2D eigenvalue weighted by Crippen LogP contribution is 2.25. The first-order valence-corrected chi connectivity index (χ1v) is 7.08. The Hall–Kier alpha value is -1.82. The number of carbonyl (C=O) groups is 1. The minimum Gasteiger partial charge on any atom is -0.508 e. The lowest BCUT2D eigenvalue weighted by molar-refractivity contribution is -0.0292. The topological polar surface area (TPSA) is 78.8 Å². The van der Waals surface area contributed by atoms with E-state index < -0.39 is 18.4 Å². The second-order valence-corrected chi connectivity index (χ2v) is 5.26. The summed E-state index contributed by atoms with van der Waals surface area (Å²) < 4.78 is 19.5. The predicted octanol–water partition coefficient (Wildman–Crippen LogP) is 2.48. The molecule has 1 aliphatic rings. The van der Waals surface area contributed by atoms with Gasteiger partial charge >= 0.3 is 6.09 Å². The lowest BCUT2D eigenvalue weighted by Gasteiger charge is -2.31. The lowest BCUT2D eigenvalue weighted by Crippen LogP contribution is -2.43. The number of hydrogen-bond acceptors (Lipinski definition) is 3.